The molecule has 3 amide bonds. The molecule has 0 spiro atoms. The Hall–Kier alpha value is -1.83. The summed E-state index contributed by atoms with van der Waals surface area (Å²) in [4.78, 5) is 34.2. The lowest BCUT2D eigenvalue weighted by atomic mass is 9.96. The maximum absolute atomic E-state index is 12.1. The van der Waals surface area contributed by atoms with Crippen LogP contribution in [0.25, 0.3) is 0 Å². The van der Waals surface area contributed by atoms with Gasteiger partial charge in [0.05, 0.1) is 6.61 Å². The summed E-state index contributed by atoms with van der Waals surface area (Å²) in [6.07, 6.45) is 0.190. The fraction of sp³-hybridized carbons (Fsp3) is 0.727. The summed E-state index contributed by atoms with van der Waals surface area (Å²) >= 11 is 0. The summed E-state index contributed by atoms with van der Waals surface area (Å²) in [6.45, 7) is 3.62. The van der Waals surface area contributed by atoms with Crippen molar-refractivity contribution in [3.05, 3.63) is 0 Å². The highest BCUT2D eigenvalue weighted by Crippen LogP contribution is 2.19. The van der Waals surface area contributed by atoms with Crippen LogP contribution >= 0.6 is 0 Å². The van der Waals surface area contributed by atoms with Crippen LogP contribution in [0.15, 0.2) is 0 Å². The van der Waals surface area contributed by atoms with Crippen LogP contribution in [-0.4, -0.2) is 47.8 Å². The molecular weight excluding hydrogens is 254 g/mol. The summed E-state index contributed by atoms with van der Waals surface area (Å²) in [5.74, 6) is -1.96. The Morgan fingerprint density at radius 1 is 1.37 bits per heavy atom. The minimum absolute atomic E-state index is 0.0878. The Labute approximate surface area is 110 Å². The van der Waals surface area contributed by atoms with E-state index in [0.29, 0.717) is 0 Å². The molecule has 0 aromatic heterocycles. The van der Waals surface area contributed by atoms with E-state index in [0.717, 1.165) is 0 Å². The molecular formula is C11H19N3O5. The number of rotatable bonds is 5. The van der Waals surface area contributed by atoms with E-state index in [1.54, 1.807) is 13.8 Å². The van der Waals surface area contributed by atoms with Gasteiger partial charge in [0, 0.05) is 13.0 Å². The van der Waals surface area contributed by atoms with Gasteiger partial charge in [-0.05, 0) is 5.92 Å². The number of amides is 3. The van der Waals surface area contributed by atoms with E-state index in [4.69, 9.17) is 10.5 Å². The summed E-state index contributed by atoms with van der Waals surface area (Å²) in [5.41, 5.74) is 3.57. The highest BCUT2D eigenvalue weighted by Gasteiger charge is 2.45. The molecule has 0 bridgehead atoms. The van der Waals surface area contributed by atoms with Gasteiger partial charge in [0.15, 0.2) is 5.54 Å². The van der Waals surface area contributed by atoms with Crippen LogP contribution in [0.3, 0.4) is 0 Å². The van der Waals surface area contributed by atoms with E-state index in [9.17, 15) is 19.5 Å². The first-order valence-electron chi connectivity index (χ1n) is 5.97. The molecule has 1 rings (SSSR count). The number of nitrogens with two attached hydrogens (primary N) is 1. The van der Waals surface area contributed by atoms with Crippen molar-refractivity contribution in [2.24, 2.45) is 11.7 Å². The number of primary amides is 1. The molecule has 1 fully saturated rings. The van der Waals surface area contributed by atoms with Gasteiger partial charge < -0.3 is 26.2 Å². The summed E-state index contributed by atoms with van der Waals surface area (Å²) in [6, 6.07) is -1.71. The predicted molar refractivity (Wildman–Crippen MR) is 65.3 cm³/mol. The topological polar surface area (TPSA) is 131 Å². The monoisotopic (exact) mass is 273 g/mol. The second-order valence-corrected chi connectivity index (χ2v) is 4.91. The third kappa shape index (κ3) is 3.57. The molecule has 1 aliphatic heterocycles. The van der Waals surface area contributed by atoms with Gasteiger partial charge >= 0.3 is 12.0 Å². The van der Waals surface area contributed by atoms with Crippen molar-refractivity contribution in [2.45, 2.75) is 31.8 Å². The van der Waals surface area contributed by atoms with Crippen LogP contribution in [-0.2, 0) is 14.3 Å². The first kappa shape index (κ1) is 15.2. The highest BCUT2D eigenvalue weighted by atomic mass is 16.5. The van der Waals surface area contributed by atoms with Gasteiger partial charge in [-0.25, -0.2) is 9.59 Å². The molecule has 108 valence electrons. The van der Waals surface area contributed by atoms with Crippen LogP contribution in [0.2, 0.25) is 0 Å². The van der Waals surface area contributed by atoms with Gasteiger partial charge in [-0.1, -0.05) is 13.8 Å². The molecule has 0 aromatic rings. The van der Waals surface area contributed by atoms with Crippen LogP contribution in [0, 0.1) is 5.92 Å². The van der Waals surface area contributed by atoms with Crippen molar-refractivity contribution in [3.63, 3.8) is 0 Å². The third-order valence-corrected chi connectivity index (χ3v) is 3.04. The average molecular weight is 273 g/mol. The lowest BCUT2D eigenvalue weighted by molar-refractivity contribution is -0.148. The Balaban J connectivity index is 2.80. The van der Waals surface area contributed by atoms with E-state index in [1.807, 2.05) is 0 Å². The molecule has 19 heavy (non-hydrogen) atoms. The van der Waals surface area contributed by atoms with Gasteiger partial charge in [0.2, 0.25) is 5.91 Å². The van der Waals surface area contributed by atoms with Gasteiger partial charge in [0.25, 0.3) is 0 Å². The van der Waals surface area contributed by atoms with E-state index in [2.05, 4.69) is 10.6 Å². The van der Waals surface area contributed by atoms with E-state index in [-0.39, 0.29) is 25.6 Å². The van der Waals surface area contributed by atoms with Gasteiger partial charge in [-0.2, -0.15) is 0 Å². The highest BCUT2D eigenvalue weighted by molar-refractivity contribution is 5.92. The van der Waals surface area contributed by atoms with Crippen molar-refractivity contribution < 1.29 is 24.2 Å². The lowest BCUT2D eigenvalue weighted by Gasteiger charge is -2.28. The Kier molecular flexibility index (Phi) is 4.71. The summed E-state index contributed by atoms with van der Waals surface area (Å²) in [7, 11) is 0. The van der Waals surface area contributed by atoms with Crippen LogP contribution in [0.1, 0.15) is 20.3 Å². The summed E-state index contributed by atoms with van der Waals surface area (Å²) < 4.78 is 5.04. The molecule has 8 heteroatoms. The molecule has 1 heterocycles. The first-order chi connectivity index (χ1) is 8.78. The van der Waals surface area contributed by atoms with Crippen molar-refractivity contribution in [1.29, 1.82) is 0 Å². The SMILES string of the molecule is CC(C)C(NC(N)=O)C(=O)NC1(C(=O)O)CCOC1. The number of carboxylic acids is 1. The lowest BCUT2D eigenvalue weighted by Crippen LogP contribution is -2.61. The maximum Gasteiger partial charge on any atom is 0.331 e. The molecule has 8 nitrogen and oxygen atoms in total. The smallest absolute Gasteiger partial charge is 0.331 e. The normalized spacial score (nSPS) is 23.9. The van der Waals surface area contributed by atoms with E-state index in [1.165, 1.54) is 0 Å². The van der Waals surface area contributed by atoms with E-state index < -0.39 is 29.5 Å². The summed E-state index contributed by atoms with van der Waals surface area (Å²) in [5, 5.41) is 14.0. The van der Waals surface area contributed by atoms with Crippen molar-refractivity contribution in [1.82, 2.24) is 10.6 Å². The molecule has 2 unspecified atom stereocenters. The number of aliphatic carboxylic acids is 1. The first-order valence-corrected chi connectivity index (χ1v) is 5.97. The third-order valence-electron chi connectivity index (χ3n) is 3.04. The number of carbonyl (C=O) groups is 3. The second kappa shape index (κ2) is 5.87. The Morgan fingerprint density at radius 2 is 2.00 bits per heavy atom. The number of hydrogen-bond acceptors (Lipinski definition) is 4. The Bertz CT molecular complexity index is 377. The molecule has 0 aliphatic carbocycles. The Morgan fingerprint density at radius 3 is 2.37 bits per heavy atom. The van der Waals surface area contributed by atoms with E-state index >= 15 is 0 Å². The molecule has 1 saturated heterocycles. The van der Waals surface area contributed by atoms with Gasteiger partial charge in [0.1, 0.15) is 6.04 Å². The zero-order chi connectivity index (χ0) is 14.6. The van der Waals surface area contributed by atoms with Crippen LogP contribution < -0.4 is 16.4 Å². The average Bonchev–Trinajstić information content (AvgIpc) is 2.74. The van der Waals surface area contributed by atoms with Crippen LogP contribution in [0.5, 0.6) is 0 Å². The minimum atomic E-state index is -1.43. The van der Waals surface area contributed by atoms with Gasteiger partial charge in [-0.3, -0.25) is 4.79 Å². The number of ether oxygens (including phenoxy) is 1. The number of nitrogens with one attached hydrogen (secondary N) is 2. The van der Waals surface area contributed by atoms with Crippen molar-refractivity contribution in [3.8, 4) is 0 Å². The number of carbonyl (C=O) groups excluding carboxylic acids is 2. The molecule has 0 saturated carbocycles. The zero-order valence-electron chi connectivity index (χ0n) is 10.9. The quantitative estimate of drug-likeness (QED) is 0.512. The van der Waals surface area contributed by atoms with Crippen molar-refractivity contribution >= 4 is 17.9 Å². The standard InChI is InChI=1S/C11H19N3O5/c1-6(2)7(13-10(12)18)8(15)14-11(9(16)17)3-4-19-5-11/h6-7H,3-5H2,1-2H3,(H,14,15)(H,16,17)(H3,12,13,18). The predicted octanol–water partition coefficient (Wildman–Crippen LogP) is -0.961. The van der Waals surface area contributed by atoms with Gasteiger partial charge in [-0.15, -0.1) is 0 Å². The number of hydrogen-bond donors (Lipinski definition) is 4. The molecule has 1 aliphatic rings. The molecule has 5 N–H and O–H groups in total. The second-order valence-electron chi connectivity index (χ2n) is 4.91. The largest absolute Gasteiger partial charge is 0.479 e. The number of carboxylic acid groups (broad SMARTS) is 1. The fourth-order valence-electron chi connectivity index (χ4n) is 1.89. The molecule has 0 aromatic carbocycles. The van der Waals surface area contributed by atoms with Crippen molar-refractivity contribution in [2.75, 3.05) is 13.2 Å². The minimum Gasteiger partial charge on any atom is -0.479 e. The molecule has 0 radical (unpaired) electrons. The zero-order valence-corrected chi connectivity index (χ0v) is 10.9. The maximum atomic E-state index is 12.1. The molecule has 2 atom stereocenters. The number of urea groups is 1. The fourth-order valence-corrected chi connectivity index (χ4v) is 1.89. The van der Waals surface area contributed by atoms with Crippen LogP contribution in [0.4, 0.5) is 4.79 Å².